The van der Waals surface area contributed by atoms with E-state index in [1.54, 1.807) is 0 Å². The minimum absolute atomic E-state index is 0. The molecule has 1 fully saturated rings. The van der Waals surface area contributed by atoms with Gasteiger partial charge in [-0.25, -0.2) is 9.97 Å². The van der Waals surface area contributed by atoms with Crippen LogP contribution in [0.2, 0.25) is 0 Å². The highest BCUT2D eigenvalue weighted by Gasteiger charge is 2.22. The lowest BCUT2D eigenvalue weighted by molar-refractivity contribution is 0.773. The monoisotopic (exact) mass is 228 g/mol. The van der Waals surface area contributed by atoms with Crippen molar-refractivity contribution in [2.45, 2.75) is 25.7 Å². The summed E-state index contributed by atoms with van der Waals surface area (Å²) in [4.78, 5) is 8.57. The lowest BCUT2D eigenvalue weighted by atomic mass is 10.2. The van der Waals surface area contributed by atoms with Crippen molar-refractivity contribution < 1.29 is 0 Å². The molecular formula is C10H17ClN4. The van der Waals surface area contributed by atoms with Crippen LogP contribution in [0.1, 0.15) is 24.4 Å². The lowest BCUT2D eigenvalue weighted by Crippen LogP contribution is -2.09. The summed E-state index contributed by atoms with van der Waals surface area (Å²) in [6.45, 7) is 0.576. The Morgan fingerprint density at radius 1 is 1.33 bits per heavy atom. The molecule has 1 aliphatic carbocycles. The van der Waals surface area contributed by atoms with Gasteiger partial charge in [0.1, 0.15) is 11.6 Å². The summed E-state index contributed by atoms with van der Waals surface area (Å²) >= 11 is 0. The van der Waals surface area contributed by atoms with E-state index in [0.29, 0.717) is 18.8 Å². The number of hydrogen-bond acceptors (Lipinski definition) is 4. The Labute approximate surface area is 95.9 Å². The molecule has 0 saturated heterocycles. The molecule has 1 aliphatic rings. The van der Waals surface area contributed by atoms with Gasteiger partial charge in [-0.2, -0.15) is 0 Å². The first kappa shape index (κ1) is 12.2. The van der Waals surface area contributed by atoms with Crippen LogP contribution in [0.15, 0.2) is 6.07 Å². The molecule has 84 valence electrons. The van der Waals surface area contributed by atoms with Crippen LogP contribution in [0.3, 0.4) is 0 Å². The molecule has 1 saturated carbocycles. The fraction of sp³-hybridized carbons (Fsp3) is 0.600. The Morgan fingerprint density at radius 2 is 2.07 bits per heavy atom. The minimum atomic E-state index is 0. The van der Waals surface area contributed by atoms with Crippen molar-refractivity contribution in [2.75, 3.05) is 12.3 Å². The minimum Gasteiger partial charge on any atom is -0.384 e. The maximum Gasteiger partial charge on any atom is 0.132 e. The lowest BCUT2D eigenvalue weighted by Gasteiger charge is -2.03. The van der Waals surface area contributed by atoms with Gasteiger partial charge in [-0.05, 0) is 31.7 Å². The first-order chi connectivity index (χ1) is 6.78. The number of anilines is 1. The molecule has 0 radical (unpaired) electrons. The van der Waals surface area contributed by atoms with Gasteiger partial charge < -0.3 is 11.5 Å². The maximum atomic E-state index is 5.69. The van der Waals surface area contributed by atoms with E-state index in [0.717, 1.165) is 23.9 Å². The zero-order chi connectivity index (χ0) is 9.97. The molecule has 0 atom stereocenters. The number of rotatable bonds is 4. The Bertz CT molecular complexity index is 325. The van der Waals surface area contributed by atoms with Gasteiger partial charge in [0.05, 0.1) is 0 Å². The van der Waals surface area contributed by atoms with Gasteiger partial charge in [0, 0.05) is 18.2 Å². The number of nitrogens with zero attached hydrogens (tertiary/aromatic N) is 2. The maximum absolute atomic E-state index is 5.69. The summed E-state index contributed by atoms with van der Waals surface area (Å²) < 4.78 is 0. The van der Waals surface area contributed by atoms with Gasteiger partial charge in [0.2, 0.25) is 0 Å². The van der Waals surface area contributed by atoms with Crippen molar-refractivity contribution in [1.82, 2.24) is 9.97 Å². The van der Waals surface area contributed by atoms with Crippen LogP contribution in [-0.4, -0.2) is 16.5 Å². The van der Waals surface area contributed by atoms with Crippen molar-refractivity contribution >= 4 is 18.2 Å². The normalized spacial score (nSPS) is 14.7. The molecule has 0 unspecified atom stereocenters. The van der Waals surface area contributed by atoms with E-state index in [1.807, 2.05) is 6.07 Å². The average Bonchev–Trinajstić information content (AvgIpc) is 2.87. The van der Waals surface area contributed by atoms with Crippen LogP contribution in [-0.2, 0) is 12.8 Å². The molecule has 0 aliphatic heterocycles. The third kappa shape index (κ3) is 3.64. The number of halogens is 1. The predicted molar refractivity (Wildman–Crippen MR) is 62.9 cm³/mol. The molecule has 15 heavy (non-hydrogen) atoms. The number of aromatic nitrogens is 2. The first-order valence-corrected chi connectivity index (χ1v) is 5.10. The van der Waals surface area contributed by atoms with E-state index in [2.05, 4.69) is 9.97 Å². The van der Waals surface area contributed by atoms with E-state index in [-0.39, 0.29) is 12.4 Å². The third-order valence-electron chi connectivity index (χ3n) is 2.41. The zero-order valence-corrected chi connectivity index (χ0v) is 9.46. The van der Waals surface area contributed by atoms with Crippen LogP contribution in [0.25, 0.3) is 0 Å². The molecule has 0 amide bonds. The van der Waals surface area contributed by atoms with E-state index in [9.17, 15) is 0 Å². The standard InChI is InChI=1S/C10H16N4.ClH/c11-4-3-10-13-8(5-7-1-2-7)6-9(12)14-10;/h6-7H,1-5,11H2,(H2,12,13,14);1H. The Balaban J connectivity index is 0.00000112. The second-order valence-electron chi connectivity index (χ2n) is 3.89. The smallest absolute Gasteiger partial charge is 0.132 e. The number of hydrogen-bond donors (Lipinski definition) is 2. The number of nitrogen functional groups attached to an aromatic ring is 1. The molecule has 1 heterocycles. The number of nitrogens with two attached hydrogens (primary N) is 2. The molecular weight excluding hydrogens is 212 g/mol. The SMILES string of the molecule is Cl.NCCc1nc(N)cc(CC2CC2)n1. The topological polar surface area (TPSA) is 77.8 Å². The summed E-state index contributed by atoms with van der Waals surface area (Å²) in [7, 11) is 0. The molecule has 1 aromatic heterocycles. The summed E-state index contributed by atoms with van der Waals surface area (Å²) in [6.07, 6.45) is 4.42. The second-order valence-corrected chi connectivity index (χ2v) is 3.89. The second kappa shape index (κ2) is 5.28. The average molecular weight is 229 g/mol. The van der Waals surface area contributed by atoms with Crippen molar-refractivity contribution in [3.05, 3.63) is 17.6 Å². The van der Waals surface area contributed by atoms with E-state index < -0.39 is 0 Å². The molecule has 1 aromatic rings. The van der Waals surface area contributed by atoms with Crippen LogP contribution >= 0.6 is 12.4 Å². The van der Waals surface area contributed by atoms with Crippen molar-refractivity contribution in [3.8, 4) is 0 Å². The predicted octanol–water partition coefficient (Wildman–Crippen LogP) is 0.934. The summed E-state index contributed by atoms with van der Waals surface area (Å²) in [5.41, 5.74) is 12.2. The molecule has 5 heteroatoms. The largest absolute Gasteiger partial charge is 0.384 e. The van der Waals surface area contributed by atoms with Crippen LogP contribution < -0.4 is 11.5 Å². The molecule has 2 rings (SSSR count). The van der Waals surface area contributed by atoms with E-state index in [4.69, 9.17) is 11.5 Å². The van der Waals surface area contributed by atoms with Gasteiger partial charge in [-0.1, -0.05) is 0 Å². The van der Waals surface area contributed by atoms with Gasteiger partial charge in [-0.3, -0.25) is 0 Å². The highest BCUT2D eigenvalue weighted by molar-refractivity contribution is 5.85. The Morgan fingerprint density at radius 3 is 2.67 bits per heavy atom. The van der Waals surface area contributed by atoms with Gasteiger partial charge >= 0.3 is 0 Å². The fourth-order valence-corrected chi connectivity index (χ4v) is 1.54. The first-order valence-electron chi connectivity index (χ1n) is 5.10. The fourth-order valence-electron chi connectivity index (χ4n) is 1.54. The highest BCUT2D eigenvalue weighted by atomic mass is 35.5. The summed E-state index contributed by atoms with van der Waals surface area (Å²) in [5.74, 6) is 2.18. The quantitative estimate of drug-likeness (QED) is 0.804. The van der Waals surface area contributed by atoms with E-state index in [1.165, 1.54) is 12.8 Å². The zero-order valence-electron chi connectivity index (χ0n) is 8.65. The molecule has 0 spiro atoms. The Kier molecular flexibility index (Phi) is 4.29. The van der Waals surface area contributed by atoms with Crippen molar-refractivity contribution in [1.29, 1.82) is 0 Å². The van der Waals surface area contributed by atoms with Gasteiger partial charge in [0.25, 0.3) is 0 Å². The molecule has 0 aromatic carbocycles. The van der Waals surface area contributed by atoms with Crippen molar-refractivity contribution in [3.63, 3.8) is 0 Å². The van der Waals surface area contributed by atoms with Gasteiger partial charge in [-0.15, -0.1) is 12.4 Å². The van der Waals surface area contributed by atoms with E-state index >= 15 is 0 Å². The molecule has 4 nitrogen and oxygen atoms in total. The Hall–Kier alpha value is -0.870. The molecule has 4 N–H and O–H groups in total. The van der Waals surface area contributed by atoms with Crippen LogP contribution in [0.5, 0.6) is 0 Å². The third-order valence-corrected chi connectivity index (χ3v) is 2.41. The van der Waals surface area contributed by atoms with Gasteiger partial charge in [0.15, 0.2) is 0 Å². The highest BCUT2D eigenvalue weighted by Crippen LogP contribution is 2.32. The van der Waals surface area contributed by atoms with Crippen LogP contribution in [0.4, 0.5) is 5.82 Å². The summed E-state index contributed by atoms with van der Waals surface area (Å²) in [5, 5.41) is 0. The summed E-state index contributed by atoms with van der Waals surface area (Å²) in [6, 6.07) is 1.87. The van der Waals surface area contributed by atoms with Crippen molar-refractivity contribution in [2.24, 2.45) is 11.7 Å². The molecule has 0 bridgehead atoms. The van der Waals surface area contributed by atoms with Crippen LogP contribution in [0, 0.1) is 5.92 Å².